The van der Waals surface area contributed by atoms with Gasteiger partial charge in [0.1, 0.15) is 46.7 Å². The largest absolute Gasteiger partial charge is 0.505 e. The highest BCUT2D eigenvalue weighted by Gasteiger charge is 2.24. The molecule has 0 bridgehead atoms. The Hall–Kier alpha value is -3.63. The summed E-state index contributed by atoms with van der Waals surface area (Å²) in [5, 5.41) is 30.0. The third-order valence-electron chi connectivity index (χ3n) is 5.44. The summed E-state index contributed by atoms with van der Waals surface area (Å²) in [4.78, 5) is 12.8. The Morgan fingerprint density at radius 2 is 1.81 bits per heavy atom. The van der Waals surface area contributed by atoms with Crippen LogP contribution in [0.15, 0.2) is 42.5 Å². The van der Waals surface area contributed by atoms with Crippen LogP contribution in [0.3, 0.4) is 0 Å². The number of rotatable bonds is 12. The minimum atomic E-state index is -0.921. The van der Waals surface area contributed by atoms with E-state index in [-0.39, 0.29) is 30.0 Å². The zero-order chi connectivity index (χ0) is 27.2. The van der Waals surface area contributed by atoms with Crippen molar-refractivity contribution >= 4 is 17.0 Å². The summed E-state index contributed by atoms with van der Waals surface area (Å²) in [6, 6.07) is 8.90. The van der Waals surface area contributed by atoms with Crippen LogP contribution in [-0.2, 0) is 19.7 Å². The number of fused-ring (bicyclic) bond motifs is 1. The van der Waals surface area contributed by atoms with Crippen molar-refractivity contribution in [2.45, 2.75) is 45.6 Å². The molecule has 3 rings (SSSR count). The summed E-state index contributed by atoms with van der Waals surface area (Å²) in [6.45, 7) is 11.6. The van der Waals surface area contributed by atoms with E-state index in [2.05, 4.69) is 16.8 Å². The van der Waals surface area contributed by atoms with Crippen LogP contribution in [0, 0.1) is 0 Å². The first kappa shape index (κ1) is 27.9. The molecule has 10 nitrogen and oxygen atoms in total. The van der Waals surface area contributed by atoms with E-state index < -0.39 is 12.1 Å². The number of esters is 1. The molecule has 0 radical (unpaired) electrons. The van der Waals surface area contributed by atoms with E-state index in [0.29, 0.717) is 53.4 Å². The number of benzene rings is 2. The van der Waals surface area contributed by atoms with Gasteiger partial charge in [0.2, 0.25) is 0 Å². The summed E-state index contributed by atoms with van der Waals surface area (Å²) in [5.41, 5.74) is 2.31. The lowest BCUT2D eigenvalue weighted by Crippen LogP contribution is -2.24. The van der Waals surface area contributed by atoms with Gasteiger partial charge in [-0.15, -0.1) is 15.0 Å². The van der Waals surface area contributed by atoms with Crippen LogP contribution in [-0.4, -0.2) is 70.8 Å². The number of aromatic hydroxyl groups is 1. The summed E-state index contributed by atoms with van der Waals surface area (Å²) >= 11 is 0. The van der Waals surface area contributed by atoms with Gasteiger partial charge in [0.05, 0.1) is 20.3 Å². The van der Waals surface area contributed by atoms with Crippen LogP contribution in [0.1, 0.15) is 39.7 Å². The molecule has 0 aliphatic rings. The third-order valence-corrected chi connectivity index (χ3v) is 5.44. The number of hydrogen-bond donors (Lipinski definition) is 2. The highest BCUT2D eigenvalue weighted by Crippen LogP contribution is 2.38. The summed E-state index contributed by atoms with van der Waals surface area (Å²) < 4.78 is 21.6. The SMILES string of the molecule is C=C(C)C(=O)OCC(O)COCCCOc1cc(-n2nc3ccc(OC)cc3n2)c(O)c(C(C)(C)C)c1. The van der Waals surface area contributed by atoms with E-state index >= 15 is 0 Å². The van der Waals surface area contributed by atoms with Gasteiger partial charge in [-0.2, -0.15) is 0 Å². The topological polar surface area (TPSA) is 125 Å². The second kappa shape index (κ2) is 12.1. The molecule has 1 heterocycles. The lowest BCUT2D eigenvalue weighted by Gasteiger charge is -2.23. The third kappa shape index (κ3) is 7.43. The first-order valence-electron chi connectivity index (χ1n) is 12.0. The van der Waals surface area contributed by atoms with Crippen molar-refractivity contribution < 1.29 is 34.0 Å². The first-order valence-corrected chi connectivity index (χ1v) is 12.0. The van der Waals surface area contributed by atoms with Crippen LogP contribution in [0.4, 0.5) is 0 Å². The van der Waals surface area contributed by atoms with E-state index in [1.165, 1.54) is 11.7 Å². The van der Waals surface area contributed by atoms with Crippen molar-refractivity contribution in [3.63, 3.8) is 0 Å². The summed E-state index contributed by atoms with van der Waals surface area (Å²) in [7, 11) is 1.59. The molecule has 3 aromatic rings. The average molecular weight is 514 g/mol. The van der Waals surface area contributed by atoms with E-state index in [1.54, 1.807) is 31.4 Å². The van der Waals surface area contributed by atoms with Crippen molar-refractivity contribution in [3.8, 4) is 22.9 Å². The smallest absolute Gasteiger partial charge is 0.333 e. The molecule has 2 N–H and O–H groups in total. The number of phenols is 1. The fourth-order valence-corrected chi connectivity index (χ4v) is 3.44. The van der Waals surface area contributed by atoms with Gasteiger partial charge in [-0.05, 0) is 30.5 Å². The molecule has 0 saturated carbocycles. The number of hydrogen-bond acceptors (Lipinski definition) is 9. The molecular weight excluding hydrogens is 478 g/mol. The van der Waals surface area contributed by atoms with Crippen LogP contribution < -0.4 is 9.47 Å². The second-order valence-electron chi connectivity index (χ2n) is 9.74. The summed E-state index contributed by atoms with van der Waals surface area (Å²) in [6.07, 6.45) is -0.362. The molecule has 0 aliphatic heterocycles. The fraction of sp³-hybridized carbons (Fsp3) is 0.444. The van der Waals surface area contributed by atoms with Crippen LogP contribution in [0.25, 0.3) is 16.7 Å². The highest BCUT2D eigenvalue weighted by molar-refractivity contribution is 5.86. The molecule has 0 fully saturated rings. The number of carbonyl (C=O) groups is 1. The van der Waals surface area contributed by atoms with Crippen LogP contribution >= 0.6 is 0 Å². The minimum Gasteiger partial charge on any atom is -0.505 e. The molecule has 0 spiro atoms. The number of aliphatic hydroxyl groups is 1. The van der Waals surface area contributed by atoms with Crippen molar-refractivity contribution in [1.29, 1.82) is 0 Å². The Morgan fingerprint density at radius 3 is 2.49 bits per heavy atom. The maximum atomic E-state index is 11.4. The zero-order valence-electron chi connectivity index (χ0n) is 22.0. The lowest BCUT2D eigenvalue weighted by molar-refractivity contribution is -0.143. The molecule has 0 amide bonds. The Balaban J connectivity index is 1.64. The number of aromatic nitrogens is 3. The number of nitrogens with zero attached hydrogens (tertiary/aromatic N) is 3. The molecule has 37 heavy (non-hydrogen) atoms. The molecule has 200 valence electrons. The highest BCUT2D eigenvalue weighted by atomic mass is 16.5. The molecule has 0 saturated heterocycles. The van der Waals surface area contributed by atoms with Crippen LogP contribution in [0.2, 0.25) is 0 Å². The lowest BCUT2D eigenvalue weighted by atomic mass is 9.86. The zero-order valence-corrected chi connectivity index (χ0v) is 22.0. The van der Waals surface area contributed by atoms with Crippen LogP contribution in [0.5, 0.6) is 17.2 Å². The number of carbonyl (C=O) groups excluding carboxylic acids is 1. The number of aliphatic hydroxyl groups excluding tert-OH is 1. The van der Waals surface area contributed by atoms with Gasteiger partial charge in [-0.3, -0.25) is 0 Å². The fourth-order valence-electron chi connectivity index (χ4n) is 3.44. The molecule has 1 unspecified atom stereocenters. The predicted octanol–water partition coefficient (Wildman–Crippen LogP) is 3.70. The number of methoxy groups -OCH3 is 1. The molecule has 0 aliphatic carbocycles. The molecule has 10 heteroatoms. The molecule has 1 atom stereocenters. The van der Waals surface area contributed by atoms with Gasteiger partial charge in [-0.1, -0.05) is 27.4 Å². The maximum Gasteiger partial charge on any atom is 0.333 e. The molecule has 1 aromatic heterocycles. The van der Waals surface area contributed by atoms with E-state index in [1.807, 2.05) is 26.8 Å². The van der Waals surface area contributed by atoms with E-state index in [0.717, 1.165) is 0 Å². The number of phenolic OH excluding ortho intramolecular Hbond substituents is 1. The van der Waals surface area contributed by atoms with Crippen molar-refractivity contribution in [3.05, 3.63) is 48.0 Å². The second-order valence-corrected chi connectivity index (χ2v) is 9.74. The quantitative estimate of drug-likeness (QED) is 0.212. The van der Waals surface area contributed by atoms with Gasteiger partial charge >= 0.3 is 5.97 Å². The monoisotopic (exact) mass is 513 g/mol. The van der Waals surface area contributed by atoms with Gasteiger partial charge < -0.3 is 29.2 Å². The standard InChI is InChI=1S/C27H35N3O7/c1-17(2)26(33)37-16-18(31)15-35-10-7-11-36-20-12-21(27(3,4)5)25(32)24(14-20)30-28-22-9-8-19(34-6)13-23(22)29-30/h8-9,12-14,18,31-32H,1,7,10-11,15-16H2,2-6H3. The first-order chi connectivity index (χ1) is 17.5. The van der Waals surface area contributed by atoms with Crippen molar-refractivity contribution in [2.24, 2.45) is 0 Å². The normalized spacial score (nSPS) is 12.4. The minimum absolute atomic E-state index is 0.0321. The van der Waals surface area contributed by atoms with E-state index in [9.17, 15) is 15.0 Å². The van der Waals surface area contributed by atoms with Crippen molar-refractivity contribution in [2.75, 3.05) is 33.5 Å². The number of ether oxygens (including phenoxy) is 4. The summed E-state index contributed by atoms with van der Waals surface area (Å²) in [5.74, 6) is 0.757. The van der Waals surface area contributed by atoms with E-state index in [4.69, 9.17) is 18.9 Å². The van der Waals surface area contributed by atoms with Crippen molar-refractivity contribution in [1.82, 2.24) is 15.0 Å². The van der Waals surface area contributed by atoms with Gasteiger partial charge in [0.25, 0.3) is 0 Å². The Bertz CT molecular complexity index is 1250. The van der Waals surface area contributed by atoms with Gasteiger partial charge in [0, 0.05) is 36.3 Å². The molecular formula is C27H35N3O7. The van der Waals surface area contributed by atoms with Gasteiger partial charge in [0.15, 0.2) is 0 Å². The Morgan fingerprint density at radius 1 is 1.08 bits per heavy atom. The van der Waals surface area contributed by atoms with Gasteiger partial charge in [-0.25, -0.2) is 4.79 Å². The molecule has 2 aromatic carbocycles. The predicted molar refractivity (Wildman–Crippen MR) is 138 cm³/mol. The average Bonchev–Trinajstić information content (AvgIpc) is 3.27. The Labute approximate surface area is 216 Å². The maximum absolute atomic E-state index is 11.4. The Kier molecular flexibility index (Phi) is 9.12.